The number of pyridine rings is 1. The Morgan fingerprint density at radius 1 is 1.31 bits per heavy atom. The molecule has 154 valence electrons. The van der Waals surface area contributed by atoms with Crippen LogP contribution in [0.1, 0.15) is 79.0 Å². The van der Waals surface area contributed by atoms with Gasteiger partial charge in [0.1, 0.15) is 0 Å². The molecule has 1 amide bonds. The summed E-state index contributed by atoms with van der Waals surface area (Å²) < 4.78 is 0. The fourth-order valence-electron chi connectivity index (χ4n) is 5.74. The Labute approximate surface area is 173 Å². The Hall–Kier alpha value is -2.20. The van der Waals surface area contributed by atoms with Crippen LogP contribution in [0.5, 0.6) is 0 Å². The highest BCUT2D eigenvalue weighted by Crippen LogP contribution is 2.51. The van der Waals surface area contributed by atoms with Crippen molar-refractivity contribution in [2.45, 2.75) is 76.7 Å². The van der Waals surface area contributed by atoms with Crippen molar-refractivity contribution in [3.63, 3.8) is 0 Å². The molecule has 0 spiro atoms. The zero-order valence-corrected chi connectivity index (χ0v) is 17.6. The van der Waals surface area contributed by atoms with Crippen LogP contribution >= 0.6 is 0 Å². The quantitative estimate of drug-likeness (QED) is 0.754. The Bertz CT molecular complexity index is 894. The van der Waals surface area contributed by atoms with Crippen LogP contribution in [0, 0.1) is 12.8 Å². The lowest BCUT2D eigenvalue weighted by molar-refractivity contribution is 0.0427. The molecule has 0 radical (unpaired) electrons. The molecule has 1 aromatic heterocycles. The van der Waals surface area contributed by atoms with Gasteiger partial charge in [0.05, 0.1) is 17.5 Å². The molecule has 1 fully saturated rings. The molecule has 2 N–H and O–H groups in total. The van der Waals surface area contributed by atoms with Crippen LogP contribution in [0.25, 0.3) is 0 Å². The van der Waals surface area contributed by atoms with E-state index < -0.39 is 0 Å². The van der Waals surface area contributed by atoms with Gasteiger partial charge in [-0.1, -0.05) is 19.4 Å². The molecular formula is C25H32N2O2. The molecule has 4 heteroatoms. The molecule has 2 aliphatic carbocycles. The summed E-state index contributed by atoms with van der Waals surface area (Å²) in [6.45, 7) is 4.16. The SMILES string of the molecule is CCCC12CCC(O)CC1CCCc1cc(C(=O)Nc3cccnc3C)ccc12. The number of fused-ring (bicyclic) bond motifs is 3. The smallest absolute Gasteiger partial charge is 0.255 e. The van der Waals surface area contributed by atoms with E-state index in [2.05, 4.69) is 29.4 Å². The zero-order valence-electron chi connectivity index (χ0n) is 17.6. The Balaban J connectivity index is 1.67. The van der Waals surface area contributed by atoms with E-state index in [-0.39, 0.29) is 17.4 Å². The Kier molecular flexibility index (Phi) is 5.73. The van der Waals surface area contributed by atoms with Gasteiger partial charge in [0.2, 0.25) is 0 Å². The van der Waals surface area contributed by atoms with Crippen LogP contribution in [0.15, 0.2) is 36.5 Å². The first kappa shape index (κ1) is 20.1. The minimum absolute atomic E-state index is 0.0756. The van der Waals surface area contributed by atoms with Crippen molar-refractivity contribution < 1.29 is 9.90 Å². The highest BCUT2D eigenvalue weighted by Gasteiger charge is 2.45. The number of aliphatic hydroxyl groups excluding tert-OH is 1. The molecule has 0 bridgehead atoms. The van der Waals surface area contributed by atoms with Crippen LogP contribution in [0.3, 0.4) is 0 Å². The van der Waals surface area contributed by atoms with Gasteiger partial charge in [0.15, 0.2) is 0 Å². The number of hydrogen-bond donors (Lipinski definition) is 2. The summed E-state index contributed by atoms with van der Waals surface area (Å²) in [6.07, 6.45) is 10.1. The maximum Gasteiger partial charge on any atom is 0.255 e. The predicted molar refractivity (Wildman–Crippen MR) is 116 cm³/mol. The summed E-state index contributed by atoms with van der Waals surface area (Å²) in [5, 5.41) is 13.3. The lowest BCUT2D eigenvalue weighted by atomic mass is 9.59. The lowest BCUT2D eigenvalue weighted by Gasteiger charge is -2.46. The van der Waals surface area contributed by atoms with Gasteiger partial charge in [0, 0.05) is 11.8 Å². The maximum atomic E-state index is 12.9. The number of rotatable bonds is 4. The molecule has 1 saturated carbocycles. The number of nitrogens with zero attached hydrogens (tertiary/aromatic N) is 1. The second-order valence-corrected chi connectivity index (χ2v) is 8.89. The van der Waals surface area contributed by atoms with Crippen molar-refractivity contribution in [1.82, 2.24) is 4.98 Å². The number of aromatic nitrogens is 1. The maximum absolute atomic E-state index is 12.9. The van der Waals surface area contributed by atoms with E-state index >= 15 is 0 Å². The van der Waals surface area contributed by atoms with E-state index in [1.807, 2.05) is 25.1 Å². The molecule has 3 atom stereocenters. The van der Waals surface area contributed by atoms with Crippen molar-refractivity contribution >= 4 is 11.6 Å². The summed E-state index contributed by atoms with van der Waals surface area (Å²) in [4.78, 5) is 17.2. The highest BCUT2D eigenvalue weighted by molar-refractivity contribution is 6.04. The van der Waals surface area contributed by atoms with E-state index in [1.54, 1.807) is 6.20 Å². The normalized spacial score (nSPS) is 26.2. The van der Waals surface area contributed by atoms with Crippen LogP contribution in [-0.2, 0) is 11.8 Å². The van der Waals surface area contributed by atoms with Gasteiger partial charge >= 0.3 is 0 Å². The second kappa shape index (κ2) is 8.27. The molecule has 4 nitrogen and oxygen atoms in total. The van der Waals surface area contributed by atoms with E-state index in [9.17, 15) is 9.90 Å². The van der Waals surface area contributed by atoms with Gasteiger partial charge in [-0.25, -0.2) is 0 Å². The number of hydrogen-bond acceptors (Lipinski definition) is 3. The number of amides is 1. The zero-order chi connectivity index (χ0) is 20.4. The fourth-order valence-corrected chi connectivity index (χ4v) is 5.74. The molecule has 0 saturated heterocycles. The van der Waals surface area contributed by atoms with Crippen molar-refractivity contribution in [3.8, 4) is 0 Å². The number of aryl methyl sites for hydroxylation is 2. The van der Waals surface area contributed by atoms with Gasteiger partial charge in [-0.15, -0.1) is 0 Å². The van der Waals surface area contributed by atoms with Crippen LogP contribution < -0.4 is 5.32 Å². The summed E-state index contributed by atoms with van der Waals surface area (Å²) in [5.41, 5.74) is 5.22. The summed E-state index contributed by atoms with van der Waals surface area (Å²) in [7, 11) is 0. The summed E-state index contributed by atoms with van der Waals surface area (Å²) >= 11 is 0. The van der Waals surface area contributed by atoms with Gasteiger partial charge in [-0.2, -0.15) is 0 Å². The lowest BCUT2D eigenvalue weighted by Crippen LogP contribution is -2.42. The van der Waals surface area contributed by atoms with E-state index in [0.717, 1.165) is 56.3 Å². The highest BCUT2D eigenvalue weighted by atomic mass is 16.3. The molecule has 1 heterocycles. The molecule has 2 aromatic rings. The second-order valence-electron chi connectivity index (χ2n) is 8.89. The van der Waals surface area contributed by atoms with Crippen LogP contribution in [0.2, 0.25) is 0 Å². The van der Waals surface area contributed by atoms with Crippen LogP contribution in [0.4, 0.5) is 5.69 Å². The van der Waals surface area contributed by atoms with E-state index in [1.165, 1.54) is 17.5 Å². The molecule has 4 rings (SSSR count). The topological polar surface area (TPSA) is 62.2 Å². The van der Waals surface area contributed by atoms with E-state index in [0.29, 0.717) is 11.5 Å². The minimum atomic E-state index is -0.153. The van der Waals surface area contributed by atoms with Gasteiger partial charge in [0.25, 0.3) is 5.91 Å². The minimum Gasteiger partial charge on any atom is -0.393 e. The molecular weight excluding hydrogens is 360 g/mol. The van der Waals surface area contributed by atoms with Crippen LogP contribution in [-0.4, -0.2) is 22.1 Å². The average Bonchev–Trinajstić information content (AvgIpc) is 2.86. The van der Waals surface area contributed by atoms with Gasteiger partial charge in [-0.05, 0) is 98.6 Å². The molecule has 29 heavy (non-hydrogen) atoms. The fraction of sp³-hybridized carbons (Fsp3) is 0.520. The Morgan fingerprint density at radius 3 is 2.97 bits per heavy atom. The standard InChI is InChI=1S/C25H32N2O2/c1-3-12-25-13-11-21(28)16-20(25)7-4-6-18-15-19(9-10-22(18)25)24(29)27-23-8-5-14-26-17(23)2/h5,8-10,14-15,20-21,28H,3-4,6-7,11-13,16H2,1-2H3,(H,27,29). The van der Waals surface area contributed by atoms with Crippen molar-refractivity contribution in [2.24, 2.45) is 5.92 Å². The summed E-state index contributed by atoms with van der Waals surface area (Å²) in [5.74, 6) is 0.471. The molecule has 3 unspecified atom stereocenters. The number of nitrogens with one attached hydrogen (secondary N) is 1. The van der Waals surface area contributed by atoms with E-state index in [4.69, 9.17) is 0 Å². The number of benzene rings is 1. The van der Waals surface area contributed by atoms with Crippen molar-refractivity contribution in [1.29, 1.82) is 0 Å². The van der Waals surface area contributed by atoms with Gasteiger partial charge < -0.3 is 10.4 Å². The first-order valence-corrected chi connectivity index (χ1v) is 11.1. The van der Waals surface area contributed by atoms with Crippen molar-refractivity contribution in [2.75, 3.05) is 5.32 Å². The third-order valence-electron chi connectivity index (χ3n) is 7.12. The van der Waals surface area contributed by atoms with Gasteiger partial charge in [-0.3, -0.25) is 9.78 Å². The number of carbonyl (C=O) groups is 1. The summed E-state index contributed by atoms with van der Waals surface area (Å²) in [6, 6.07) is 10.0. The number of aliphatic hydroxyl groups is 1. The first-order chi connectivity index (χ1) is 14.0. The Morgan fingerprint density at radius 2 is 2.17 bits per heavy atom. The average molecular weight is 393 g/mol. The predicted octanol–water partition coefficient (Wildman–Crippen LogP) is 5.18. The number of carbonyl (C=O) groups excluding carboxylic acids is 1. The number of anilines is 1. The molecule has 2 aliphatic rings. The molecule has 1 aromatic carbocycles. The monoisotopic (exact) mass is 392 g/mol. The first-order valence-electron chi connectivity index (χ1n) is 11.1. The van der Waals surface area contributed by atoms with Crippen molar-refractivity contribution in [3.05, 3.63) is 58.9 Å². The largest absolute Gasteiger partial charge is 0.393 e. The molecule has 0 aliphatic heterocycles. The third kappa shape index (κ3) is 3.83. The third-order valence-corrected chi connectivity index (χ3v) is 7.12.